The van der Waals surface area contributed by atoms with Crippen molar-refractivity contribution in [3.05, 3.63) is 95.3 Å². The highest BCUT2D eigenvalue weighted by atomic mass is 16.1. The Bertz CT molecular complexity index is 1320. The lowest BCUT2D eigenvalue weighted by Gasteiger charge is -2.20. The summed E-state index contributed by atoms with van der Waals surface area (Å²) in [6.07, 6.45) is 9.74. The SMILES string of the molecule is CC(N)c1ccc(C(=O)Nc2ccnc3[nH]ccc23)cc1-c1cccc2c1CC=CC2. The lowest BCUT2D eigenvalue weighted by Crippen LogP contribution is -2.14. The molecule has 5 rings (SSSR count). The first-order chi connectivity index (χ1) is 15.1. The van der Waals surface area contributed by atoms with Crippen LogP contribution in [0.3, 0.4) is 0 Å². The highest BCUT2D eigenvalue weighted by molar-refractivity contribution is 6.09. The van der Waals surface area contributed by atoms with Crippen LogP contribution in [0.5, 0.6) is 0 Å². The number of aromatic nitrogens is 2. The summed E-state index contributed by atoms with van der Waals surface area (Å²) in [5, 5.41) is 3.92. The first-order valence-corrected chi connectivity index (χ1v) is 10.5. The van der Waals surface area contributed by atoms with E-state index in [0.29, 0.717) is 5.56 Å². The molecule has 4 aromatic rings. The lowest BCUT2D eigenvalue weighted by molar-refractivity contribution is 0.102. The summed E-state index contributed by atoms with van der Waals surface area (Å²) in [6.45, 7) is 1.98. The molecule has 1 aliphatic rings. The molecule has 5 heteroatoms. The summed E-state index contributed by atoms with van der Waals surface area (Å²) in [5.41, 5.74) is 14.2. The number of nitrogens with two attached hydrogens (primary N) is 1. The second-order valence-electron chi connectivity index (χ2n) is 7.97. The summed E-state index contributed by atoms with van der Waals surface area (Å²) in [5.74, 6) is -0.157. The molecule has 31 heavy (non-hydrogen) atoms. The van der Waals surface area contributed by atoms with Gasteiger partial charge >= 0.3 is 0 Å². The van der Waals surface area contributed by atoms with Crippen molar-refractivity contribution in [2.75, 3.05) is 5.32 Å². The number of aromatic amines is 1. The summed E-state index contributed by atoms with van der Waals surface area (Å²) >= 11 is 0. The fourth-order valence-corrected chi connectivity index (χ4v) is 4.32. The first-order valence-electron chi connectivity index (χ1n) is 10.5. The Kier molecular flexibility index (Phi) is 4.88. The van der Waals surface area contributed by atoms with Crippen molar-refractivity contribution in [1.82, 2.24) is 9.97 Å². The molecule has 0 saturated heterocycles. The molecule has 0 saturated carbocycles. The summed E-state index contributed by atoms with van der Waals surface area (Å²) in [7, 11) is 0. The minimum absolute atomic E-state index is 0.137. The maximum absolute atomic E-state index is 13.1. The van der Waals surface area contributed by atoms with E-state index in [2.05, 4.69) is 45.6 Å². The van der Waals surface area contributed by atoms with Crippen LogP contribution in [0.4, 0.5) is 5.69 Å². The molecule has 0 fully saturated rings. The Morgan fingerprint density at radius 3 is 2.84 bits per heavy atom. The molecule has 1 amide bonds. The molecule has 4 N–H and O–H groups in total. The Balaban J connectivity index is 1.56. The van der Waals surface area contributed by atoms with E-state index in [1.807, 2.05) is 43.5 Å². The number of allylic oxidation sites excluding steroid dienone is 2. The van der Waals surface area contributed by atoms with Gasteiger partial charge in [0.15, 0.2) is 0 Å². The Labute approximate surface area is 181 Å². The lowest BCUT2D eigenvalue weighted by atomic mass is 9.85. The Hall–Kier alpha value is -3.70. The Morgan fingerprint density at radius 1 is 1.10 bits per heavy atom. The second kappa shape index (κ2) is 7.85. The fourth-order valence-electron chi connectivity index (χ4n) is 4.32. The summed E-state index contributed by atoms with van der Waals surface area (Å²) < 4.78 is 0. The van der Waals surface area contributed by atoms with E-state index in [9.17, 15) is 4.79 Å². The van der Waals surface area contributed by atoms with Crippen molar-refractivity contribution in [2.45, 2.75) is 25.8 Å². The molecule has 154 valence electrons. The van der Waals surface area contributed by atoms with Crippen LogP contribution in [0, 0.1) is 0 Å². The van der Waals surface area contributed by atoms with Gasteiger partial charge in [0.05, 0.1) is 5.69 Å². The molecular formula is C26H24N4O. The molecule has 0 radical (unpaired) electrons. The number of rotatable bonds is 4. The number of anilines is 1. The Morgan fingerprint density at radius 2 is 1.97 bits per heavy atom. The molecular weight excluding hydrogens is 384 g/mol. The van der Waals surface area contributed by atoms with Gasteiger partial charge in [-0.25, -0.2) is 4.98 Å². The minimum atomic E-state index is -0.157. The first kappa shape index (κ1) is 19.3. The molecule has 1 atom stereocenters. The maximum atomic E-state index is 13.1. The van der Waals surface area contributed by atoms with Crippen LogP contribution in [0.15, 0.2) is 73.1 Å². The van der Waals surface area contributed by atoms with E-state index in [1.165, 1.54) is 11.1 Å². The minimum Gasteiger partial charge on any atom is -0.346 e. The number of benzene rings is 2. The number of amides is 1. The van der Waals surface area contributed by atoms with E-state index in [0.717, 1.165) is 46.3 Å². The van der Waals surface area contributed by atoms with Gasteiger partial charge < -0.3 is 16.0 Å². The normalized spacial score (nSPS) is 13.7. The topological polar surface area (TPSA) is 83.8 Å². The molecule has 0 bridgehead atoms. The number of hydrogen-bond acceptors (Lipinski definition) is 3. The smallest absolute Gasteiger partial charge is 0.255 e. The number of nitrogens with zero attached hydrogens (tertiary/aromatic N) is 1. The number of carbonyl (C=O) groups excluding carboxylic acids is 1. The van der Waals surface area contributed by atoms with Gasteiger partial charge in [-0.1, -0.05) is 36.4 Å². The van der Waals surface area contributed by atoms with E-state index >= 15 is 0 Å². The summed E-state index contributed by atoms with van der Waals surface area (Å²) in [4.78, 5) is 20.5. The van der Waals surface area contributed by atoms with Crippen LogP contribution in [-0.2, 0) is 12.8 Å². The number of fused-ring (bicyclic) bond motifs is 2. The highest BCUT2D eigenvalue weighted by Gasteiger charge is 2.18. The van der Waals surface area contributed by atoms with Gasteiger partial charge in [-0.05, 0) is 71.8 Å². The predicted molar refractivity (Wildman–Crippen MR) is 125 cm³/mol. The zero-order valence-electron chi connectivity index (χ0n) is 17.4. The maximum Gasteiger partial charge on any atom is 0.255 e. The average molecular weight is 409 g/mol. The molecule has 2 aromatic heterocycles. The molecule has 1 aliphatic carbocycles. The van der Waals surface area contributed by atoms with Crippen molar-refractivity contribution < 1.29 is 4.79 Å². The molecule has 0 aliphatic heterocycles. The third-order valence-electron chi connectivity index (χ3n) is 5.90. The third kappa shape index (κ3) is 3.53. The van der Waals surface area contributed by atoms with Crippen LogP contribution < -0.4 is 11.1 Å². The van der Waals surface area contributed by atoms with E-state index in [1.54, 1.807) is 6.20 Å². The average Bonchev–Trinajstić information content (AvgIpc) is 3.28. The van der Waals surface area contributed by atoms with E-state index < -0.39 is 0 Å². The molecule has 0 spiro atoms. The van der Waals surface area contributed by atoms with Gasteiger partial charge in [-0.2, -0.15) is 0 Å². The van der Waals surface area contributed by atoms with Crippen LogP contribution in [0.2, 0.25) is 0 Å². The van der Waals surface area contributed by atoms with Crippen molar-refractivity contribution in [3.8, 4) is 11.1 Å². The quantitative estimate of drug-likeness (QED) is 0.408. The third-order valence-corrected chi connectivity index (χ3v) is 5.90. The van der Waals surface area contributed by atoms with Gasteiger partial charge in [-0.15, -0.1) is 0 Å². The van der Waals surface area contributed by atoms with E-state index in [4.69, 9.17) is 5.73 Å². The molecule has 1 unspecified atom stereocenters. The van der Waals surface area contributed by atoms with Gasteiger partial charge in [0, 0.05) is 29.4 Å². The van der Waals surface area contributed by atoms with Crippen LogP contribution >= 0.6 is 0 Å². The van der Waals surface area contributed by atoms with Gasteiger partial charge in [0.1, 0.15) is 5.65 Å². The van der Waals surface area contributed by atoms with Crippen molar-refractivity contribution in [1.29, 1.82) is 0 Å². The van der Waals surface area contributed by atoms with Gasteiger partial charge in [0.25, 0.3) is 5.91 Å². The molecule has 5 nitrogen and oxygen atoms in total. The zero-order chi connectivity index (χ0) is 21.4. The van der Waals surface area contributed by atoms with Crippen molar-refractivity contribution >= 4 is 22.6 Å². The van der Waals surface area contributed by atoms with Crippen molar-refractivity contribution in [2.24, 2.45) is 5.73 Å². The number of carbonyl (C=O) groups is 1. The fraction of sp³-hybridized carbons (Fsp3) is 0.154. The number of pyridine rings is 1. The molecule has 2 heterocycles. The van der Waals surface area contributed by atoms with Crippen LogP contribution in [0.1, 0.15) is 40.0 Å². The monoisotopic (exact) mass is 408 g/mol. The number of nitrogens with one attached hydrogen (secondary N) is 2. The van der Waals surface area contributed by atoms with Gasteiger partial charge in [0.2, 0.25) is 0 Å². The zero-order valence-corrected chi connectivity index (χ0v) is 17.4. The largest absolute Gasteiger partial charge is 0.346 e. The number of hydrogen-bond donors (Lipinski definition) is 3. The van der Waals surface area contributed by atoms with Crippen molar-refractivity contribution in [3.63, 3.8) is 0 Å². The standard InChI is InChI=1S/C26H24N4O/c1-16(27)19-10-9-18(26(31)30-24-12-14-29-25-22(24)11-13-28-25)15-23(19)21-8-4-6-17-5-2-3-7-20(17)21/h2-4,6,8-16H,5,7,27H2,1H3,(H2,28,29,30,31). The van der Waals surface area contributed by atoms with Crippen LogP contribution in [-0.4, -0.2) is 15.9 Å². The van der Waals surface area contributed by atoms with Gasteiger partial charge in [-0.3, -0.25) is 4.79 Å². The second-order valence-corrected chi connectivity index (χ2v) is 7.97. The highest BCUT2D eigenvalue weighted by Crippen LogP contribution is 2.34. The molecule has 2 aromatic carbocycles. The number of H-pyrrole nitrogens is 1. The summed E-state index contributed by atoms with van der Waals surface area (Å²) in [6, 6.07) is 15.8. The predicted octanol–water partition coefficient (Wildman–Crippen LogP) is 5.16. The van der Waals surface area contributed by atoms with Crippen LogP contribution in [0.25, 0.3) is 22.2 Å². The van der Waals surface area contributed by atoms with E-state index in [-0.39, 0.29) is 11.9 Å².